The number of anilines is 1. The van der Waals surface area contributed by atoms with Crippen molar-refractivity contribution in [2.24, 2.45) is 18.4 Å². The highest BCUT2D eigenvalue weighted by Gasteiger charge is 2.32. The third kappa shape index (κ3) is 6.22. The summed E-state index contributed by atoms with van der Waals surface area (Å²) in [4.78, 5) is 26.6. The van der Waals surface area contributed by atoms with Gasteiger partial charge in [-0.05, 0) is 67.3 Å². The standard InChI is InChI=1S/C27H31ClN6O2S2/c1-15(30-24(36)16-6-9-18(28)10-7-16)23-32-33-26(34(23)5)37-14-22(35)31-25-20(13-29)19-11-8-17(27(2,3)4)12-21(19)38-25/h6-7,9-10,15,17H,8,11-12,14H2,1-5H3,(H,30,36)(H,31,35)/t15-,17-/m0/s1. The number of thioether (sulfide) groups is 1. The van der Waals surface area contributed by atoms with Crippen molar-refractivity contribution in [3.63, 3.8) is 0 Å². The lowest BCUT2D eigenvalue weighted by Gasteiger charge is -2.33. The average molecular weight is 571 g/mol. The quantitative estimate of drug-likeness (QED) is 0.348. The fourth-order valence-corrected chi connectivity index (χ4v) is 6.74. The number of hydrogen-bond acceptors (Lipinski definition) is 7. The number of nitrogens with one attached hydrogen (secondary N) is 2. The van der Waals surface area contributed by atoms with Gasteiger partial charge in [-0.25, -0.2) is 0 Å². The molecule has 3 aromatic rings. The Morgan fingerprint density at radius 1 is 1.29 bits per heavy atom. The molecule has 1 aliphatic carbocycles. The van der Waals surface area contributed by atoms with Crippen molar-refractivity contribution in [1.82, 2.24) is 20.1 Å². The summed E-state index contributed by atoms with van der Waals surface area (Å²) >= 11 is 8.68. The molecule has 2 N–H and O–H groups in total. The van der Waals surface area contributed by atoms with Gasteiger partial charge in [0.15, 0.2) is 11.0 Å². The number of halogens is 1. The molecule has 4 rings (SSSR count). The van der Waals surface area contributed by atoms with E-state index in [2.05, 4.69) is 47.7 Å². The minimum Gasteiger partial charge on any atom is -0.342 e. The Hall–Kier alpha value is -2.87. The van der Waals surface area contributed by atoms with Gasteiger partial charge in [0, 0.05) is 22.5 Å². The lowest BCUT2D eigenvalue weighted by molar-refractivity contribution is -0.113. The maximum atomic E-state index is 12.8. The first-order valence-corrected chi connectivity index (χ1v) is 14.6. The number of nitriles is 1. The first-order valence-electron chi connectivity index (χ1n) is 12.4. The Balaban J connectivity index is 1.36. The maximum absolute atomic E-state index is 12.8. The molecular weight excluding hydrogens is 540 g/mol. The largest absolute Gasteiger partial charge is 0.342 e. The van der Waals surface area contributed by atoms with Crippen LogP contribution in [0.4, 0.5) is 5.00 Å². The molecule has 2 atom stereocenters. The van der Waals surface area contributed by atoms with E-state index in [0.29, 0.717) is 38.0 Å². The second-order valence-corrected chi connectivity index (χ2v) is 13.0. The van der Waals surface area contributed by atoms with Crippen molar-refractivity contribution in [2.45, 2.75) is 58.2 Å². The molecule has 0 unspecified atom stereocenters. The number of benzene rings is 1. The summed E-state index contributed by atoms with van der Waals surface area (Å²) in [6.07, 6.45) is 2.87. The number of thiophene rings is 1. The number of carbonyl (C=O) groups excluding carboxylic acids is 2. The minimum atomic E-state index is -0.397. The Labute approximate surface area is 236 Å². The van der Waals surface area contributed by atoms with Crippen LogP contribution in [0.25, 0.3) is 0 Å². The zero-order valence-corrected chi connectivity index (χ0v) is 24.5. The first kappa shape index (κ1) is 28.1. The van der Waals surface area contributed by atoms with Gasteiger partial charge in [0.05, 0.1) is 17.4 Å². The van der Waals surface area contributed by atoms with E-state index in [0.717, 1.165) is 24.8 Å². The molecule has 0 saturated heterocycles. The number of nitrogens with zero attached hydrogens (tertiary/aromatic N) is 4. The molecule has 8 nitrogen and oxygen atoms in total. The Kier molecular flexibility index (Phi) is 8.50. The summed E-state index contributed by atoms with van der Waals surface area (Å²) in [6.45, 7) is 8.60. The van der Waals surface area contributed by atoms with Gasteiger partial charge in [0.1, 0.15) is 11.1 Å². The molecule has 38 heavy (non-hydrogen) atoms. The summed E-state index contributed by atoms with van der Waals surface area (Å²) < 4.78 is 1.77. The Bertz CT molecular complexity index is 1380. The van der Waals surface area contributed by atoms with Gasteiger partial charge < -0.3 is 15.2 Å². The van der Waals surface area contributed by atoms with E-state index in [1.807, 2.05) is 6.92 Å². The van der Waals surface area contributed by atoms with Crippen LogP contribution in [0.5, 0.6) is 0 Å². The van der Waals surface area contributed by atoms with Gasteiger partial charge in [-0.1, -0.05) is 44.1 Å². The topological polar surface area (TPSA) is 113 Å². The SMILES string of the molecule is C[C@H](NC(=O)c1ccc(Cl)cc1)c1nnc(SCC(=O)Nc2sc3c(c2C#N)CC[C@H](C(C)(C)C)C3)n1C. The lowest BCUT2D eigenvalue weighted by atomic mass is 9.72. The predicted molar refractivity (Wildman–Crippen MR) is 152 cm³/mol. The minimum absolute atomic E-state index is 0.121. The zero-order chi connectivity index (χ0) is 27.6. The molecule has 0 bridgehead atoms. The molecule has 0 spiro atoms. The van der Waals surface area contributed by atoms with Crippen molar-refractivity contribution < 1.29 is 9.59 Å². The third-order valence-corrected chi connectivity index (χ3v) is 9.34. The highest BCUT2D eigenvalue weighted by Crippen LogP contribution is 2.44. The van der Waals surface area contributed by atoms with Crippen LogP contribution >= 0.6 is 34.7 Å². The van der Waals surface area contributed by atoms with E-state index in [1.54, 1.807) is 35.9 Å². The van der Waals surface area contributed by atoms with Crippen LogP contribution in [-0.2, 0) is 24.7 Å². The maximum Gasteiger partial charge on any atom is 0.251 e. The molecule has 2 heterocycles. The van der Waals surface area contributed by atoms with Crippen LogP contribution < -0.4 is 10.6 Å². The normalized spacial score (nSPS) is 15.9. The molecular formula is C27H31ClN6O2S2. The van der Waals surface area contributed by atoms with Crippen molar-refractivity contribution in [3.05, 3.63) is 56.7 Å². The molecule has 2 aromatic heterocycles. The van der Waals surface area contributed by atoms with Crippen molar-refractivity contribution in [2.75, 3.05) is 11.1 Å². The molecule has 0 radical (unpaired) electrons. The van der Waals surface area contributed by atoms with Crippen LogP contribution in [0, 0.1) is 22.7 Å². The van der Waals surface area contributed by atoms with Crippen molar-refractivity contribution >= 4 is 51.5 Å². The highest BCUT2D eigenvalue weighted by molar-refractivity contribution is 7.99. The number of hydrogen-bond donors (Lipinski definition) is 2. The second kappa shape index (κ2) is 11.5. The molecule has 2 amide bonds. The number of rotatable bonds is 7. The van der Waals surface area contributed by atoms with E-state index in [9.17, 15) is 14.9 Å². The number of carbonyl (C=O) groups is 2. The second-order valence-electron chi connectivity index (χ2n) is 10.6. The van der Waals surface area contributed by atoms with Gasteiger partial charge in [0.25, 0.3) is 5.91 Å². The van der Waals surface area contributed by atoms with E-state index in [4.69, 9.17) is 11.6 Å². The number of aromatic nitrogens is 3. The van der Waals surface area contributed by atoms with Gasteiger partial charge >= 0.3 is 0 Å². The average Bonchev–Trinajstić information content (AvgIpc) is 3.41. The molecule has 1 aliphatic rings. The lowest BCUT2D eigenvalue weighted by Crippen LogP contribution is -2.28. The van der Waals surface area contributed by atoms with E-state index < -0.39 is 6.04 Å². The highest BCUT2D eigenvalue weighted by atomic mass is 35.5. The molecule has 11 heteroatoms. The summed E-state index contributed by atoms with van der Waals surface area (Å²) in [5, 5.41) is 25.8. The third-order valence-electron chi connectivity index (χ3n) is 6.90. The van der Waals surface area contributed by atoms with Gasteiger partial charge in [-0.15, -0.1) is 21.5 Å². The summed E-state index contributed by atoms with van der Waals surface area (Å²) in [5.41, 5.74) is 2.39. The zero-order valence-electron chi connectivity index (χ0n) is 22.1. The number of fused-ring (bicyclic) bond motifs is 1. The summed E-state index contributed by atoms with van der Waals surface area (Å²) in [7, 11) is 1.80. The van der Waals surface area contributed by atoms with Crippen molar-refractivity contribution in [1.29, 1.82) is 5.26 Å². The van der Waals surface area contributed by atoms with Crippen molar-refractivity contribution in [3.8, 4) is 6.07 Å². The fourth-order valence-electron chi connectivity index (χ4n) is 4.60. The predicted octanol–water partition coefficient (Wildman–Crippen LogP) is 5.77. The van der Waals surface area contributed by atoms with Gasteiger partial charge in [-0.3, -0.25) is 9.59 Å². The molecule has 0 fully saturated rings. The van der Waals surface area contributed by atoms with Crippen LogP contribution in [0.3, 0.4) is 0 Å². The van der Waals surface area contributed by atoms with Crippen LogP contribution in [0.15, 0.2) is 29.4 Å². The van der Waals surface area contributed by atoms with Gasteiger partial charge in [0.2, 0.25) is 5.91 Å². The fraction of sp³-hybridized carbons (Fsp3) is 0.444. The van der Waals surface area contributed by atoms with Crippen LogP contribution in [0.2, 0.25) is 5.02 Å². The van der Waals surface area contributed by atoms with E-state index in [-0.39, 0.29) is 23.0 Å². The van der Waals surface area contributed by atoms with E-state index in [1.165, 1.54) is 28.0 Å². The Morgan fingerprint density at radius 3 is 2.66 bits per heavy atom. The van der Waals surface area contributed by atoms with Crippen LogP contribution in [-0.4, -0.2) is 32.3 Å². The van der Waals surface area contributed by atoms with Gasteiger partial charge in [-0.2, -0.15) is 5.26 Å². The molecule has 0 aliphatic heterocycles. The molecule has 0 saturated carbocycles. The number of amides is 2. The Morgan fingerprint density at radius 2 is 2.00 bits per heavy atom. The smallest absolute Gasteiger partial charge is 0.251 e. The summed E-state index contributed by atoms with van der Waals surface area (Å²) in [5.74, 6) is 0.803. The summed E-state index contributed by atoms with van der Waals surface area (Å²) in [6, 6.07) is 8.56. The van der Waals surface area contributed by atoms with Crippen LogP contribution in [0.1, 0.15) is 72.3 Å². The molecule has 1 aromatic carbocycles. The first-order chi connectivity index (χ1) is 18.0. The molecule has 200 valence electrons. The monoisotopic (exact) mass is 570 g/mol. The van der Waals surface area contributed by atoms with E-state index >= 15 is 0 Å².